The van der Waals surface area contributed by atoms with Gasteiger partial charge in [-0.15, -0.1) is 0 Å². The van der Waals surface area contributed by atoms with Crippen LogP contribution in [0.25, 0.3) is 6.08 Å². The number of rotatable bonds is 14. The van der Waals surface area contributed by atoms with Crippen LogP contribution in [0.1, 0.15) is 91.0 Å². The third kappa shape index (κ3) is 10.3. The third-order valence-corrected chi connectivity index (χ3v) is 6.21. The van der Waals surface area contributed by atoms with E-state index in [9.17, 15) is 9.59 Å². The van der Waals surface area contributed by atoms with Crippen LogP contribution in [0, 0.1) is 5.41 Å². The highest BCUT2D eigenvalue weighted by Gasteiger charge is 2.32. The molecule has 0 radical (unpaired) electrons. The van der Waals surface area contributed by atoms with Crippen LogP contribution < -0.4 is 4.74 Å². The van der Waals surface area contributed by atoms with E-state index in [4.69, 9.17) is 18.9 Å². The maximum Gasteiger partial charge on any atom is 0.333 e. The Morgan fingerprint density at radius 1 is 1.00 bits per heavy atom. The maximum absolute atomic E-state index is 12.2. The van der Waals surface area contributed by atoms with Gasteiger partial charge in [-0.3, -0.25) is 4.79 Å². The molecular formula is C28H42O6. The Kier molecular flexibility index (Phi) is 12.2. The van der Waals surface area contributed by atoms with Crippen molar-refractivity contribution >= 4 is 18.0 Å². The van der Waals surface area contributed by atoms with Crippen molar-refractivity contribution in [2.24, 2.45) is 5.41 Å². The quantitative estimate of drug-likeness (QED) is 0.175. The first-order valence-corrected chi connectivity index (χ1v) is 12.8. The van der Waals surface area contributed by atoms with E-state index < -0.39 is 17.7 Å². The van der Waals surface area contributed by atoms with Crippen molar-refractivity contribution in [1.29, 1.82) is 0 Å². The van der Waals surface area contributed by atoms with Gasteiger partial charge in [-0.25, -0.2) is 4.79 Å². The molecule has 0 saturated carbocycles. The second kappa shape index (κ2) is 14.8. The van der Waals surface area contributed by atoms with Gasteiger partial charge in [0.25, 0.3) is 0 Å². The van der Waals surface area contributed by atoms with Gasteiger partial charge >= 0.3 is 11.9 Å². The normalized spacial score (nSPS) is 18.6. The Bertz CT molecular complexity index is 760. The number of unbranched alkanes of at least 4 members (excludes halogenated alkanes) is 5. The fraction of sp³-hybridized carbons (Fsp3) is 0.643. The predicted octanol–water partition coefficient (Wildman–Crippen LogP) is 6.47. The summed E-state index contributed by atoms with van der Waals surface area (Å²) in [5, 5.41) is 0. The zero-order chi connectivity index (χ0) is 24.8. The summed E-state index contributed by atoms with van der Waals surface area (Å²) in [7, 11) is 0. The second-order valence-electron chi connectivity index (χ2n) is 9.56. The fourth-order valence-electron chi connectivity index (χ4n) is 3.43. The Hall–Kier alpha value is -2.34. The van der Waals surface area contributed by atoms with Crippen LogP contribution in [0.2, 0.25) is 0 Å². The van der Waals surface area contributed by atoms with Gasteiger partial charge in [0.15, 0.2) is 0 Å². The Morgan fingerprint density at radius 3 is 2.35 bits per heavy atom. The Balaban J connectivity index is 1.65. The molecule has 1 aromatic carbocycles. The van der Waals surface area contributed by atoms with Gasteiger partial charge in [-0.2, -0.15) is 0 Å². The fourth-order valence-corrected chi connectivity index (χ4v) is 3.43. The van der Waals surface area contributed by atoms with Crippen molar-refractivity contribution < 1.29 is 28.5 Å². The number of hydrogen-bond acceptors (Lipinski definition) is 6. The molecular weight excluding hydrogens is 432 g/mol. The molecule has 0 aromatic heterocycles. The zero-order valence-electron chi connectivity index (χ0n) is 21.3. The molecule has 0 bridgehead atoms. The third-order valence-electron chi connectivity index (χ3n) is 6.21. The minimum Gasteiger partial charge on any atom is -0.494 e. The van der Waals surface area contributed by atoms with Crippen LogP contribution in [-0.2, 0) is 23.8 Å². The average molecular weight is 475 g/mol. The smallest absolute Gasteiger partial charge is 0.333 e. The molecule has 0 amide bonds. The van der Waals surface area contributed by atoms with Gasteiger partial charge in [0, 0.05) is 12.5 Å². The number of esters is 2. The summed E-state index contributed by atoms with van der Waals surface area (Å²) < 4.78 is 22.3. The van der Waals surface area contributed by atoms with Crippen LogP contribution in [-0.4, -0.2) is 37.5 Å². The van der Waals surface area contributed by atoms with Crippen LogP contribution in [0.4, 0.5) is 0 Å². The van der Waals surface area contributed by atoms with E-state index in [1.54, 1.807) is 6.08 Å². The predicted molar refractivity (Wildman–Crippen MR) is 133 cm³/mol. The van der Waals surface area contributed by atoms with Crippen LogP contribution in [0.3, 0.4) is 0 Å². The number of hydrogen-bond donors (Lipinski definition) is 0. The van der Waals surface area contributed by atoms with Gasteiger partial charge in [0.05, 0.1) is 18.6 Å². The van der Waals surface area contributed by atoms with E-state index in [1.165, 1.54) is 38.2 Å². The summed E-state index contributed by atoms with van der Waals surface area (Å²) in [6, 6.07) is 7.64. The van der Waals surface area contributed by atoms with E-state index in [0.717, 1.165) is 24.3 Å². The monoisotopic (exact) mass is 474 g/mol. The largest absolute Gasteiger partial charge is 0.494 e. The van der Waals surface area contributed by atoms with E-state index >= 15 is 0 Å². The molecule has 34 heavy (non-hydrogen) atoms. The number of benzene rings is 1. The number of ether oxygens (including phenoxy) is 4. The summed E-state index contributed by atoms with van der Waals surface area (Å²) in [6.07, 6.45) is 11.4. The lowest BCUT2D eigenvalue weighted by Crippen LogP contribution is -2.38. The molecule has 0 aliphatic carbocycles. The standard InChI is InChI=1S/C28H42O6/c1-5-7-8-9-10-11-20-31-23-15-12-22(13-16-23)14-18-25(29)34-26-19-17-24(21-32-26)33-27(30)28(3,4)6-2/h12-16,18,24,26H,5-11,17,19-21H2,1-4H3/b18-14+/t24-,26-/m1/s1. The molecule has 1 aliphatic rings. The highest BCUT2D eigenvalue weighted by molar-refractivity contribution is 5.87. The minimum absolute atomic E-state index is 0.221. The van der Waals surface area contributed by atoms with E-state index in [1.807, 2.05) is 45.0 Å². The summed E-state index contributed by atoms with van der Waals surface area (Å²) in [6.45, 7) is 8.88. The van der Waals surface area contributed by atoms with Crippen molar-refractivity contribution in [1.82, 2.24) is 0 Å². The first kappa shape index (κ1) is 27.9. The molecule has 1 saturated heterocycles. The molecule has 1 aromatic rings. The molecule has 6 heteroatoms. The van der Waals surface area contributed by atoms with Gasteiger partial charge in [0.2, 0.25) is 6.29 Å². The van der Waals surface area contributed by atoms with Gasteiger partial charge in [-0.05, 0) is 56.9 Å². The topological polar surface area (TPSA) is 71.1 Å². The Labute approximate surface area is 205 Å². The lowest BCUT2D eigenvalue weighted by molar-refractivity contribution is -0.203. The zero-order valence-corrected chi connectivity index (χ0v) is 21.3. The minimum atomic E-state index is -0.621. The van der Waals surface area contributed by atoms with Crippen molar-refractivity contribution in [3.05, 3.63) is 35.9 Å². The van der Waals surface area contributed by atoms with Gasteiger partial charge in [-0.1, -0.05) is 58.1 Å². The molecule has 2 rings (SSSR count). The molecule has 0 spiro atoms. The van der Waals surface area contributed by atoms with Crippen molar-refractivity contribution in [3.63, 3.8) is 0 Å². The molecule has 6 nitrogen and oxygen atoms in total. The summed E-state index contributed by atoms with van der Waals surface area (Å²) in [5.74, 6) is 0.151. The van der Waals surface area contributed by atoms with Crippen molar-refractivity contribution in [2.75, 3.05) is 13.2 Å². The molecule has 0 N–H and O–H groups in total. The summed E-state index contributed by atoms with van der Waals surface area (Å²) >= 11 is 0. The maximum atomic E-state index is 12.2. The Morgan fingerprint density at radius 2 is 1.71 bits per heavy atom. The lowest BCUT2D eigenvalue weighted by atomic mass is 9.90. The van der Waals surface area contributed by atoms with Crippen LogP contribution in [0.15, 0.2) is 30.3 Å². The lowest BCUT2D eigenvalue weighted by Gasteiger charge is -2.30. The highest BCUT2D eigenvalue weighted by atomic mass is 16.7. The van der Waals surface area contributed by atoms with E-state index in [2.05, 4.69) is 6.92 Å². The van der Waals surface area contributed by atoms with E-state index in [-0.39, 0.29) is 18.7 Å². The molecule has 1 fully saturated rings. The number of carbonyl (C=O) groups is 2. The first-order chi connectivity index (χ1) is 16.3. The highest BCUT2D eigenvalue weighted by Crippen LogP contribution is 2.25. The SMILES string of the molecule is CCCCCCCCOc1ccc(/C=C/C(=O)O[C@@H]2CC[C@@H](OC(=O)C(C)(C)CC)CO2)cc1. The molecule has 0 unspecified atom stereocenters. The molecule has 190 valence electrons. The second-order valence-corrected chi connectivity index (χ2v) is 9.56. The average Bonchev–Trinajstić information content (AvgIpc) is 2.84. The van der Waals surface area contributed by atoms with Gasteiger partial charge < -0.3 is 18.9 Å². The van der Waals surface area contributed by atoms with E-state index in [0.29, 0.717) is 19.3 Å². The van der Waals surface area contributed by atoms with Crippen LogP contribution in [0.5, 0.6) is 5.75 Å². The number of carbonyl (C=O) groups excluding carboxylic acids is 2. The first-order valence-electron chi connectivity index (χ1n) is 12.8. The molecule has 1 aliphatic heterocycles. The molecule has 2 atom stereocenters. The molecule has 1 heterocycles. The summed E-state index contributed by atoms with van der Waals surface area (Å²) in [4.78, 5) is 24.3. The van der Waals surface area contributed by atoms with Crippen molar-refractivity contribution in [2.45, 2.75) is 97.9 Å². The van der Waals surface area contributed by atoms with Crippen molar-refractivity contribution in [3.8, 4) is 5.75 Å². The summed E-state index contributed by atoms with van der Waals surface area (Å²) in [5.41, 5.74) is 0.380. The van der Waals surface area contributed by atoms with Gasteiger partial charge in [0.1, 0.15) is 11.9 Å². The van der Waals surface area contributed by atoms with Crippen LogP contribution >= 0.6 is 0 Å².